The van der Waals surface area contributed by atoms with Gasteiger partial charge in [-0.15, -0.1) is 11.3 Å². The van der Waals surface area contributed by atoms with Crippen molar-refractivity contribution < 1.29 is 23.8 Å². The highest BCUT2D eigenvalue weighted by molar-refractivity contribution is 7.10. The van der Waals surface area contributed by atoms with E-state index in [1.54, 1.807) is 18.4 Å². The summed E-state index contributed by atoms with van der Waals surface area (Å²) in [5, 5.41) is 5.45. The van der Waals surface area contributed by atoms with Gasteiger partial charge < -0.3 is 19.5 Å². The fourth-order valence-electron chi connectivity index (χ4n) is 5.21. The van der Waals surface area contributed by atoms with Gasteiger partial charge in [-0.25, -0.2) is 4.79 Å². The third-order valence-corrected chi connectivity index (χ3v) is 7.88. The maximum absolute atomic E-state index is 13.6. The number of methoxy groups -OCH3 is 1. The molecule has 34 heavy (non-hydrogen) atoms. The molecule has 1 saturated heterocycles. The summed E-state index contributed by atoms with van der Waals surface area (Å²) in [6.07, 6.45) is 2.97. The molecule has 0 unspecified atom stereocenters. The molecule has 1 aliphatic carbocycles. The molecule has 3 atom stereocenters. The predicted molar refractivity (Wildman–Crippen MR) is 130 cm³/mol. The van der Waals surface area contributed by atoms with Gasteiger partial charge in [-0.05, 0) is 55.3 Å². The van der Waals surface area contributed by atoms with Crippen molar-refractivity contribution in [3.8, 4) is 5.75 Å². The van der Waals surface area contributed by atoms with Gasteiger partial charge in [0.2, 0.25) is 0 Å². The summed E-state index contributed by atoms with van der Waals surface area (Å²) in [5.41, 5.74) is 3.61. The van der Waals surface area contributed by atoms with E-state index in [0.29, 0.717) is 29.9 Å². The van der Waals surface area contributed by atoms with Crippen molar-refractivity contribution >= 4 is 23.1 Å². The van der Waals surface area contributed by atoms with Crippen LogP contribution in [-0.2, 0) is 19.1 Å². The average Bonchev–Trinajstić information content (AvgIpc) is 3.56. The third kappa shape index (κ3) is 4.42. The van der Waals surface area contributed by atoms with Crippen LogP contribution in [0.2, 0.25) is 0 Å². The first-order valence-corrected chi connectivity index (χ1v) is 12.6. The summed E-state index contributed by atoms with van der Waals surface area (Å²) in [6, 6.07) is 11.7. The molecule has 1 aromatic heterocycles. The molecule has 0 bridgehead atoms. The van der Waals surface area contributed by atoms with Crippen LogP contribution in [0.15, 0.2) is 64.3 Å². The van der Waals surface area contributed by atoms with Gasteiger partial charge in [0.25, 0.3) is 0 Å². The number of Topliss-reactive ketones (excluding diaryl/α,β-unsaturated/α-hetero) is 1. The number of rotatable bonds is 6. The number of benzene rings is 1. The molecule has 0 saturated carbocycles. The molecule has 0 amide bonds. The van der Waals surface area contributed by atoms with Crippen LogP contribution < -0.4 is 10.1 Å². The van der Waals surface area contributed by atoms with Gasteiger partial charge in [-0.2, -0.15) is 0 Å². The second kappa shape index (κ2) is 9.76. The normalized spacial score (nSPS) is 24.6. The minimum absolute atomic E-state index is 0.0608. The van der Waals surface area contributed by atoms with Crippen LogP contribution in [0.5, 0.6) is 5.75 Å². The molecule has 0 spiro atoms. The Morgan fingerprint density at radius 2 is 2.12 bits per heavy atom. The van der Waals surface area contributed by atoms with Gasteiger partial charge >= 0.3 is 5.97 Å². The Morgan fingerprint density at radius 3 is 2.85 bits per heavy atom. The first-order chi connectivity index (χ1) is 16.5. The summed E-state index contributed by atoms with van der Waals surface area (Å²) < 4.78 is 16.8. The van der Waals surface area contributed by atoms with E-state index in [9.17, 15) is 9.59 Å². The van der Waals surface area contributed by atoms with Crippen LogP contribution in [0.3, 0.4) is 0 Å². The van der Waals surface area contributed by atoms with Crippen molar-refractivity contribution in [3.05, 3.63) is 74.8 Å². The quantitative estimate of drug-likeness (QED) is 0.598. The maximum atomic E-state index is 13.6. The Labute approximate surface area is 203 Å². The fraction of sp³-hybridized carbons (Fsp3) is 0.407. The lowest BCUT2D eigenvalue weighted by Crippen LogP contribution is -2.36. The smallest absolute Gasteiger partial charge is 0.336 e. The van der Waals surface area contributed by atoms with Crippen LogP contribution in [-0.4, -0.2) is 38.2 Å². The number of esters is 1. The maximum Gasteiger partial charge on any atom is 0.336 e. The van der Waals surface area contributed by atoms with Gasteiger partial charge in [0.1, 0.15) is 12.4 Å². The van der Waals surface area contributed by atoms with Crippen molar-refractivity contribution in [2.24, 2.45) is 0 Å². The molecule has 7 heteroatoms. The van der Waals surface area contributed by atoms with Crippen LogP contribution in [0.1, 0.15) is 54.9 Å². The van der Waals surface area contributed by atoms with Crippen molar-refractivity contribution in [3.63, 3.8) is 0 Å². The Bertz CT molecular complexity index is 1140. The number of hydrogen-bond acceptors (Lipinski definition) is 7. The zero-order chi connectivity index (χ0) is 23.7. The SMILES string of the molecule is COc1cccc([C@H]2C(C(=O)OC[C@H]3CCCO3)=C(C)NC3=C2C(=O)C[C@@H](c2cccs2)C3)c1. The number of nitrogens with one attached hydrogen (secondary N) is 1. The van der Waals surface area contributed by atoms with E-state index in [1.165, 1.54) is 4.88 Å². The number of allylic oxidation sites excluding steroid dienone is 3. The van der Waals surface area contributed by atoms with Crippen molar-refractivity contribution in [1.29, 1.82) is 0 Å². The zero-order valence-corrected chi connectivity index (χ0v) is 20.3. The lowest BCUT2D eigenvalue weighted by Gasteiger charge is -2.36. The van der Waals surface area contributed by atoms with E-state index in [-0.39, 0.29) is 24.4 Å². The van der Waals surface area contributed by atoms with Gasteiger partial charge in [0, 0.05) is 46.7 Å². The van der Waals surface area contributed by atoms with Crippen LogP contribution in [0, 0.1) is 0 Å². The van der Waals surface area contributed by atoms with Crippen molar-refractivity contribution in [2.75, 3.05) is 20.3 Å². The number of dihydropyridines is 1. The molecular formula is C27H29NO5S. The Kier molecular flexibility index (Phi) is 6.57. The van der Waals surface area contributed by atoms with E-state index >= 15 is 0 Å². The highest BCUT2D eigenvalue weighted by Gasteiger charge is 2.41. The average molecular weight is 480 g/mol. The standard InChI is InChI=1S/C27H29NO5S/c1-16-24(27(30)33-15-20-8-4-10-32-20)25(17-6-3-7-19(12-17)31-2)26-21(28-16)13-18(14-22(26)29)23-9-5-11-34-23/h3,5-7,9,11-12,18,20,25,28H,4,8,10,13-15H2,1-2H3/t18-,20+,25-/m0/s1. The summed E-state index contributed by atoms with van der Waals surface area (Å²) in [5.74, 6) is -0.0155. The van der Waals surface area contributed by atoms with E-state index in [1.807, 2.05) is 42.6 Å². The molecule has 1 N–H and O–H groups in total. The molecule has 1 aromatic carbocycles. The lowest BCUT2D eigenvalue weighted by atomic mass is 9.72. The molecule has 5 rings (SSSR count). The first kappa shape index (κ1) is 22.9. The predicted octanol–water partition coefficient (Wildman–Crippen LogP) is 4.84. The molecule has 2 aliphatic heterocycles. The van der Waals surface area contributed by atoms with Gasteiger partial charge in [-0.1, -0.05) is 18.2 Å². The highest BCUT2D eigenvalue weighted by atomic mass is 32.1. The number of ketones is 1. The minimum Gasteiger partial charge on any atom is -0.497 e. The number of carbonyl (C=O) groups is 2. The molecule has 1 fully saturated rings. The van der Waals surface area contributed by atoms with Crippen LogP contribution in [0.4, 0.5) is 0 Å². The first-order valence-electron chi connectivity index (χ1n) is 11.7. The number of thiophene rings is 1. The topological polar surface area (TPSA) is 73.9 Å². The third-order valence-electron chi connectivity index (χ3n) is 6.84. The van der Waals surface area contributed by atoms with Gasteiger partial charge in [-0.3, -0.25) is 4.79 Å². The van der Waals surface area contributed by atoms with E-state index in [4.69, 9.17) is 14.2 Å². The number of carbonyl (C=O) groups excluding carboxylic acids is 2. The van der Waals surface area contributed by atoms with E-state index < -0.39 is 11.9 Å². The number of ether oxygens (including phenoxy) is 3. The minimum atomic E-state index is -0.500. The monoisotopic (exact) mass is 479 g/mol. The Morgan fingerprint density at radius 1 is 1.24 bits per heavy atom. The highest BCUT2D eigenvalue weighted by Crippen LogP contribution is 2.46. The number of hydrogen-bond donors (Lipinski definition) is 1. The van der Waals surface area contributed by atoms with E-state index in [2.05, 4.69) is 11.4 Å². The van der Waals surface area contributed by atoms with Crippen LogP contribution in [0.25, 0.3) is 0 Å². The molecule has 2 aromatic rings. The summed E-state index contributed by atoms with van der Waals surface area (Å²) in [4.78, 5) is 28.2. The molecular weight excluding hydrogens is 450 g/mol. The van der Waals surface area contributed by atoms with Crippen LogP contribution >= 0.6 is 11.3 Å². The summed E-state index contributed by atoms with van der Waals surface area (Å²) >= 11 is 1.68. The van der Waals surface area contributed by atoms with Crippen molar-refractivity contribution in [2.45, 2.75) is 50.5 Å². The molecule has 6 nitrogen and oxygen atoms in total. The molecule has 178 valence electrons. The largest absolute Gasteiger partial charge is 0.497 e. The second-order valence-electron chi connectivity index (χ2n) is 9.04. The molecule has 3 aliphatic rings. The summed E-state index contributed by atoms with van der Waals surface area (Å²) in [6.45, 7) is 2.81. The molecule has 0 radical (unpaired) electrons. The van der Waals surface area contributed by atoms with Gasteiger partial charge in [0.05, 0.1) is 18.8 Å². The van der Waals surface area contributed by atoms with Gasteiger partial charge in [0.15, 0.2) is 5.78 Å². The lowest BCUT2D eigenvalue weighted by molar-refractivity contribution is -0.142. The molecule has 3 heterocycles. The summed E-state index contributed by atoms with van der Waals surface area (Å²) in [7, 11) is 1.61. The van der Waals surface area contributed by atoms with Crippen molar-refractivity contribution in [1.82, 2.24) is 5.32 Å². The second-order valence-corrected chi connectivity index (χ2v) is 10.0. The fourth-order valence-corrected chi connectivity index (χ4v) is 6.04. The zero-order valence-electron chi connectivity index (χ0n) is 19.5. The Hall–Kier alpha value is -2.90. The Balaban J connectivity index is 1.51. The van der Waals surface area contributed by atoms with E-state index in [0.717, 1.165) is 36.2 Å².